The van der Waals surface area contributed by atoms with E-state index in [0.29, 0.717) is 5.69 Å². The summed E-state index contributed by atoms with van der Waals surface area (Å²) in [6.07, 6.45) is 0.868. The fourth-order valence-corrected chi connectivity index (χ4v) is 6.18. The summed E-state index contributed by atoms with van der Waals surface area (Å²) in [5.41, 5.74) is 1.97. The molecular weight excluding hydrogens is 403 g/mol. The van der Waals surface area contributed by atoms with Crippen LogP contribution in [0.15, 0.2) is 42.5 Å². The highest BCUT2D eigenvalue weighted by Crippen LogP contribution is 2.37. The number of hydrogen-bond acceptors (Lipinski definition) is 3. The molecule has 4 rings (SSSR count). The van der Waals surface area contributed by atoms with Crippen molar-refractivity contribution >= 4 is 33.2 Å². The molecule has 0 radical (unpaired) electrons. The van der Waals surface area contributed by atoms with Gasteiger partial charge in [0.2, 0.25) is 0 Å². The molecule has 2 aliphatic heterocycles. The molecule has 2 aromatic rings. The highest BCUT2D eigenvalue weighted by molar-refractivity contribution is 7.91. The number of hydrogen-bond donors (Lipinski definition) is 0. The van der Waals surface area contributed by atoms with Crippen molar-refractivity contribution in [1.82, 2.24) is 4.90 Å². The van der Waals surface area contributed by atoms with E-state index in [2.05, 4.69) is 0 Å². The van der Waals surface area contributed by atoms with Crippen LogP contribution in [-0.2, 0) is 22.8 Å². The first kappa shape index (κ1) is 19.2. The molecule has 5 nitrogen and oxygen atoms in total. The number of halogens is 2. The van der Waals surface area contributed by atoms with E-state index in [1.807, 2.05) is 31.2 Å². The lowest BCUT2D eigenvalue weighted by molar-refractivity contribution is 0.205. The van der Waals surface area contributed by atoms with Crippen LogP contribution in [0.25, 0.3) is 0 Å². The number of carbonyl (C=O) groups is 1. The van der Waals surface area contributed by atoms with Gasteiger partial charge in [0, 0.05) is 16.3 Å². The van der Waals surface area contributed by atoms with Gasteiger partial charge in [-0.25, -0.2) is 17.6 Å². The number of rotatable bonds is 4. The van der Waals surface area contributed by atoms with Crippen molar-refractivity contribution in [3.05, 3.63) is 64.4 Å². The molecular formula is C20H20ClFN2O3S. The van der Waals surface area contributed by atoms with Crippen molar-refractivity contribution in [2.45, 2.75) is 32.0 Å². The molecule has 148 valence electrons. The maximum Gasteiger partial charge on any atom is 0.325 e. The first-order valence-electron chi connectivity index (χ1n) is 9.13. The van der Waals surface area contributed by atoms with E-state index < -0.39 is 27.7 Å². The van der Waals surface area contributed by atoms with E-state index >= 15 is 0 Å². The zero-order valence-corrected chi connectivity index (χ0v) is 16.9. The zero-order valence-electron chi connectivity index (χ0n) is 15.3. The Morgan fingerprint density at radius 2 is 1.79 bits per heavy atom. The van der Waals surface area contributed by atoms with Gasteiger partial charge in [0.15, 0.2) is 9.84 Å². The standard InChI is InChI=1S/C20H20ClFN2O3S/c1-2-13-6-8-14(9-7-13)24-19-12-28(26,27)11-18(19)23(20(24)25)10-15-16(21)4-3-5-17(15)22/h3-9,18-19H,2,10-12H2,1H3/t18-,19+/m1/s1. The second-order valence-corrected chi connectivity index (χ2v) is 9.77. The Morgan fingerprint density at radius 1 is 1.11 bits per heavy atom. The molecule has 2 aromatic carbocycles. The van der Waals surface area contributed by atoms with Gasteiger partial charge in [-0.2, -0.15) is 0 Å². The van der Waals surface area contributed by atoms with Gasteiger partial charge >= 0.3 is 6.03 Å². The van der Waals surface area contributed by atoms with Crippen molar-refractivity contribution in [3.8, 4) is 0 Å². The second kappa shape index (κ2) is 7.04. The Morgan fingerprint density at radius 3 is 2.43 bits per heavy atom. The highest BCUT2D eigenvalue weighted by Gasteiger charge is 2.54. The molecule has 2 heterocycles. The molecule has 8 heteroatoms. The number of fused-ring (bicyclic) bond motifs is 1. The first-order valence-corrected chi connectivity index (χ1v) is 11.3. The summed E-state index contributed by atoms with van der Waals surface area (Å²) in [5, 5.41) is 0.218. The largest absolute Gasteiger partial charge is 0.325 e. The van der Waals surface area contributed by atoms with Crippen molar-refractivity contribution in [3.63, 3.8) is 0 Å². The van der Waals surface area contributed by atoms with Gasteiger partial charge in [-0.3, -0.25) is 4.90 Å². The Bertz CT molecular complexity index is 1010. The SMILES string of the molecule is CCc1ccc(N2C(=O)N(Cc3c(F)cccc3Cl)[C@@H]3CS(=O)(=O)C[C@@H]32)cc1. The number of urea groups is 1. The normalized spacial score (nSPS) is 23.3. The number of amides is 2. The van der Waals surface area contributed by atoms with Crippen molar-refractivity contribution in [2.75, 3.05) is 16.4 Å². The molecule has 0 aromatic heterocycles. The molecule has 2 atom stereocenters. The molecule has 2 amide bonds. The van der Waals surface area contributed by atoms with E-state index in [-0.39, 0.29) is 34.7 Å². The van der Waals surface area contributed by atoms with E-state index in [1.54, 1.807) is 6.07 Å². The number of nitrogens with zero attached hydrogens (tertiary/aromatic N) is 2. The molecule has 28 heavy (non-hydrogen) atoms. The summed E-state index contributed by atoms with van der Waals surface area (Å²) in [6.45, 7) is 1.97. The summed E-state index contributed by atoms with van der Waals surface area (Å²) in [5.74, 6) is -0.733. The van der Waals surface area contributed by atoms with Gasteiger partial charge in [0.1, 0.15) is 5.82 Å². The van der Waals surface area contributed by atoms with Gasteiger partial charge in [-0.15, -0.1) is 0 Å². The number of benzene rings is 2. The van der Waals surface area contributed by atoms with E-state index in [1.165, 1.54) is 21.9 Å². The summed E-state index contributed by atoms with van der Waals surface area (Å²) < 4.78 is 38.9. The monoisotopic (exact) mass is 422 g/mol. The number of anilines is 1. The van der Waals surface area contributed by atoms with Crippen LogP contribution in [0.4, 0.5) is 14.9 Å². The minimum Gasteiger partial charge on any atom is -0.314 e. The van der Waals surface area contributed by atoms with Crippen LogP contribution in [-0.4, -0.2) is 42.9 Å². The number of aryl methyl sites for hydroxylation is 1. The lowest BCUT2D eigenvalue weighted by Gasteiger charge is -2.23. The summed E-state index contributed by atoms with van der Waals surface area (Å²) in [4.78, 5) is 16.2. The molecule has 2 saturated heterocycles. The fourth-order valence-electron chi connectivity index (χ4n) is 4.01. The zero-order chi connectivity index (χ0) is 20.1. The fraction of sp³-hybridized carbons (Fsp3) is 0.350. The van der Waals surface area contributed by atoms with Gasteiger partial charge in [-0.05, 0) is 36.2 Å². The van der Waals surface area contributed by atoms with E-state index in [4.69, 9.17) is 11.6 Å². The van der Waals surface area contributed by atoms with Crippen molar-refractivity contribution < 1.29 is 17.6 Å². The number of sulfone groups is 1. The van der Waals surface area contributed by atoms with Crippen LogP contribution < -0.4 is 4.90 Å². The minimum absolute atomic E-state index is 0.0649. The van der Waals surface area contributed by atoms with Gasteiger partial charge in [-0.1, -0.05) is 36.7 Å². The summed E-state index contributed by atoms with van der Waals surface area (Å²) in [6, 6.07) is 10.5. The van der Waals surface area contributed by atoms with Gasteiger partial charge < -0.3 is 4.90 Å². The third-order valence-electron chi connectivity index (χ3n) is 5.49. The van der Waals surface area contributed by atoms with Crippen LogP contribution in [0.1, 0.15) is 18.1 Å². The number of carbonyl (C=O) groups excluding carboxylic acids is 1. The predicted molar refractivity (Wildman–Crippen MR) is 107 cm³/mol. The van der Waals surface area contributed by atoms with Crippen molar-refractivity contribution in [2.24, 2.45) is 0 Å². The van der Waals surface area contributed by atoms with E-state index in [0.717, 1.165) is 12.0 Å². The van der Waals surface area contributed by atoms with Gasteiger partial charge in [0.05, 0.1) is 30.1 Å². The van der Waals surface area contributed by atoms with Crippen LogP contribution in [0.2, 0.25) is 5.02 Å². The smallest absolute Gasteiger partial charge is 0.314 e. The van der Waals surface area contributed by atoms with Crippen LogP contribution in [0.5, 0.6) is 0 Å². The Labute approximate surface area is 168 Å². The Hall–Kier alpha value is -2.12. The van der Waals surface area contributed by atoms with Crippen LogP contribution in [0, 0.1) is 5.82 Å². The minimum atomic E-state index is -3.29. The molecule has 0 bridgehead atoms. The molecule has 0 saturated carbocycles. The molecule has 2 fully saturated rings. The summed E-state index contributed by atoms with van der Waals surface area (Å²) in [7, 11) is -3.29. The van der Waals surface area contributed by atoms with Crippen LogP contribution in [0.3, 0.4) is 0 Å². The highest BCUT2D eigenvalue weighted by atomic mass is 35.5. The average molecular weight is 423 g/mol. The third-order valence-corrected chi connectivity index (χ3v) is 7.54. The van der Waals surface area contributed by atoms with Crippen LogP contribution >= 0.6 is 11.6 Å². The second-order valence-electron chi connectivity index (χ2n) is 7.21. The average Bonchev–Trinajstić information content (AvgIpc) is 3.08. The molecule has 0 N–H and O–H groups in total. The Kier molecular flexibility index (Phi) is 4.83. The first-order chi connectivity index (χ1) is 13.3. The molecule has 0 aliphatic carbocycles. The maximum absolute atomic E-state index is 14.3. The lowest BCUT2D eigenvalue weighted by atomic mass is 10.1. The molecule has 0 spiro atoms. The molecule has 0 unspecified atom stereocenters. The summed E-state index contributed by atoms with van der Waals surface area (Å²) >= 11 is 6.13. The maximum atomic E-state index is 14.3. The predicted octanol–water partition coefficient (Wildman–Crippen LogP) is 3.65. The third kappa shape index (κ3) is 3.26. The van der Waals surface area contributed by atoms with Crippen molar-refractivity contribution in [1.29, 1.82) is 0 Å². The van der Waals surface area contributed by atoms with Gasteiger partial charge in [0.25, 0.3) is 0 Å². The lowest BCUT2D eigenvalue weighted by Crippen LogP contribution is -2.37. The topological polar surface area (TPSA) is 57.7 Å². The quantitative estimate of drug-likeness (QED) is 0.707. The Balaban J connectivity index is 1.72. The van der Waals surface area contributed by atoms with E-state index in [9.17, 15) is 17.6 Å². The molecule has 2 aliphatic rings.